The molecule has 0 bridgehead atoms. The molecule has 0 unspecified atom stereocenters. The molecule has 0 aliphatic heterocycles. The van der Waals surface area contributed by atoms with Crippen molar-refractivity contribution in [2.75, 3.05) is 0 Å². The molecular weight excluding hydrogens is 310 g/mol. The van der Waals surface area contributed by atoms with Crippen LogP contribution in [0.5, 0.6) is 0 Å². The summed E-state index contributed by atoms with van der Waals surface area (Å²) in [5.41, 5.74) is 0. The first-order valence-electron chi connectivity index (χ1n) is 3.61. The van der Waals surface area contributed by atoms with E-state index in [1.165, 1.54) is 0 Å². The maximum absolute atomic E-state index is 12.3. The van der Waals surface area contributed by atoms with Crippen molar-refractivity contribution in [3.05, 3.63) is 24.1 Å². The van der Waals surface area contributed by atoms with Crippen molar-refractivity contribution in [1.82, 2.24) is 0 Å². The summed E-state index contributed by atoms with van der Waals surface area (Å²) in [4.78, 5) is 0. The van der Waals surface area contributed by atoms with Gasteiger partial charge < -0.3 is 14.2 Å². The Balaban J connectivity index is 4.84. The summed E-state index contributed by atoms with van der Waals surface area (Å²) in [6, 6.07) is -12.6. The number of hydrogen-bond donors (Lipinski definition) is 0. The fourth-order valence-corrected chi connectivity index (χ4v) is 0.442. The average Bonchev–Trinajstić information content (AvgIpc) is 2.11. The van der Waals surface area contributed by atoms with Gasteiger partial charge in [0.05, 0.1) is 0 Å². The number of rotatable bonds is 4. The van der Waals surface area contributed by atoms with Crippen LogP contribution in [0.25, 0.3) is 0 Å². The van der Waals surface area contributed by atoms with E-state index in [0.717, 1.165) is 0 Å². The summed E-state index contributed by atoms with van der Waals surface area (Å²) in [5, 5.41) is 0. The van der Waals surface area contributed by atoms with Gasteiger partial charge in [0.2, 0.25) is 0 Å². The van der Waals surface area contributed by atoms with Crippen molar-refractivity contribution in [2.24, 2.45) is 0 Å². The largest absolute Gasteiger partial charge is 0.574 e. The van der Waals surface area contributed by atoms with E-state index >= 15 is 0 Å². The molecule has 0 radical (unpaired) electrons. The smallest absolute Gasteiger partial charge is 0.395 e. The molecule has 0 fully saturated rings. The average molecular weight is 310 g/mol. The van der Waals surface area contributed by atoms with Gasteiger partial charge in [0.15, 0.2) is 0 Å². The van der Waals surface area contributed by atoms with Crippen molar-refractivity contribution < 1.29 is 58.1 Å². The second-order valence-corrected chi connectivity index (χ2v) is 2.29. The van der Waals surface area contributed by atoms with Crippen LogP contribution in [-0.4, -0.2) is 12.7 Å². The highest BCUT2D eigenvalue weighted by Crippen LogP contribution is 2.28. The van der Waals surface area contributed by atoms with Gasteiger partial charge in [0.1, 0.15) is 0 Å². The Labute approximate surface area is 96.2 Å². The van der Waals surface area contributed by atoms with Crippen molar-refractivity contribution in [3.63, 3.8) is 0 Å². The van der Waals surface area contributed by atoms with E-state index in [4.69, 9.17) is 0 Å². The maximum Gasteiger partial charge on any atom is 0.574 e. The van der Waals surface area contributed by atoms with Crippen LogP contribution in [0.2, 0.25) is 0 Å². The SMILES string of the molecule is FC(OC(F)=C(F)OC(F)(F)F)=C(F)OC(F)(F)F. The lowest BCUT2D eigenvalue weighted by Gasteiger charge is -2.08. The molecule has 0 heterocycles. The Hall–Kier alpha value is -1.82. The highest BCUT2D eigenvalue weighted by molar-refractivity contribution is 4.92. The van der Waals surface area contributed by atoms with Crippen LogP contribution >= 0.6 is 0 Å². The van der Waals surface area contributed by atoms with Gasteiger partial charge in [0, 0.05) is 0 Å². The van der Waals surface area contributed by atoms with Gasteiger partial charge >= 0.3 is 36.8 Å². The van der Waals surface area contributed by atoms with Gasteiger partial charge in [-0.15, -0.1) is 26.3 Å². The molecule has 0 aromatic carbocycles. The monoisotopic (exact) mass is 310 g/mol. The number of alkyl halides is 6. The first-order valence-corrected chi connectivity index (χ1v) is 3.61. The van der Waals surface area contributed by atoms with E-state index in [2.05, 4.69) is 14.2 Å². The van der Waals surface area contributed by atoms with Gasteiger partial charge in [0.25, 0.3) is 0 Å². The Morgan fingerprint density at radius 1 is 0.526 bits per heavy atom. The molecule has 112 valence electrons. The molecule has 0 aliphatic rings. The molecule has 0 aromatic rings. The zero-order valence-corrected chi connectivity index (χ0v) is 8.00. The van der Waals surface area contributed by atoms with E-state index < -0.39 is 36.8 Å². The molecule has 19 heavy (non-hydrogen) atoms. The van der Waals surface area contributed by atoms with Crippen molar-refractivity contribution in [1.29, 1.82) is 0 Å². The molecule has 3 nitrogen and oxygen atoms in total. The molecule has 13 heteroatoms. The fraction of sp³-hybridized carbons (Fsp3) is 0.333. The Bertz CT molecular complexity index is 342. The number of halogens is 10. The van der Waals surface area contributed by atoms with Crippen LogP contribution < -0.4 is 0 Å². The summed E-state index contributed by atoms with van der Waals surface area (Å²) < 4.78 is 124. The summed E-state index contributed by atoms with van der Waals surface area (Å²) in [5.74, 6) is 0. The lowest BCUT2D eigenvalue weighted by Crippen LogP contribution is -2.13. The van der Waals surface area contributed by atoms with E-state index in [1.807, 2.05) is 0 Å². The molecule has 0 spiro atoms. The minimum absolute atomic E-state index is 2.22. The summed E-state index contributed by atoms with van der Waals surface area (Å²) in [6.45, 7) is 0. The molecule has 0 saturated carbocycles. The van der Waals surface area contributed by atoms with E-state index in [0.29, 0.717) is 0 Å². The second kappa shape index (κ2) is 5.88. The highest BCUT2D eigenvalue weighted by Gasteiger charge is 2.36. The lowest BCUT2D eigenvalue weighted by atomic mass is 10.9. The van der Waals surface area contributed by atoms with Crippen LogP contribution in [0.15, 0.2) is 24.1 Å². The van der Waals surface area contributed by atoms with Crippen LogP contribution in [0.1, 0.15) is 0 Å². The summed E-state index contributed by atoms with van der Waals surface area (Å²) in [7, 11) is 0. The standard InChI is InChI=1S/C6F10O3/c7-1(3(9)18-5(11,12)13)17-2(8)4(10)19-6(14,15)16. The molecule has 0 atom stereocenters. The highest BCUT2D eigenvalue weighted by atomic mass is 19.4. The Kier molecular flexibility index (Phi) is 5.32. The normalized spacial score (nSPS) is 15.5. The van der Waals surface area contributed by atoms with Crippen molar-refractivity contribution >= 4 is 0 Å². The van der Waals surface area contributed by atoms with E-state index in [9.17, 15) is 43.9 Å². The van der Waals surface area contributed by atoms with Crippen LogP contribution in [0.4, 0.5) is 43.9 Å². The molecule has 0 aliphatic carbocycles. The van der Waals surface area contributed by atoms with E-state index in [1.54, 1.807) is 0 Å². The Morgan fingerprint density at radius 3 is 1.00 bits per heavy atom. The fourth-order valence-electron chi connectivity index (χ4n) is 0.442. The van der Waals surface area contributed by atoms with Crippen LogP contribution in [0, 0.1) is 0 Å². The maximum atomic E-state index is 12.3. The number of ether oxygens (including phenoxy) is 3. The molecule has 0 rings (SSSR count). The lowest BCUT2D eigenvalue weighted by molar-refractivity contribution is -0.317. The minimum atomic E-state index is -5.73. The summed E-state index contributed by atoms with van der Waals surface area (Å²) >= 11 is 0. The van der Waals surface area contributed by atoms with Crippen LogP contribution in [-0.2, 0) is 14.2 Å². The summed E-state index contributed by atoms with van der Waals surface area (Å²) in [6.07, 6.45) is -11.5. The molecule has 0 amide bonds. The predicted octanol–water partition coefficient (Wildman–Crippen LogP) is 4.21. The van der Waals surface area contributed by atoms with Gasteiger partial charge in [-0.3, -0.25) is 0 Å². The third-order valence-corrected chi connectivity index (χ3v) is 0.899. The predicted molar refractivity (Wildman–Crippen MR) is 33.8 cm³/mol. The van der Waals surface area contributed by atoms with Gasteiger partial charge in [-0.2, -0.15) is 17.6 Å². The van der Waals surface area contributed by atoms with E-state index in [-0.39, 0.29) is 0 Å². The van der Waals surface area contributed by atoms with Crippen molar-refractivity contribution in [3.8, 4) is 0 Å². The molecule has 0 aromatic heterocycles. The molecule has 0 saturated heterocycles. The third kappa shape index (κ3) is 7.99. The second-order valence-electron chi connectivity index (χ2n) is 2.29. The van der Waals surface area contributed by atoms with Crippen LogP contribution in [0.3, 0.4) is 0 Å². The zero-order valence-electron chi connectivity index (χ0n) is 8.00. The molecular formula is C6F10O3. The Morgan fingerprint density at radius 2 is 0.789 bits per heavy atom. The van der Waals surface area contributed by atoms with Crippen molar-refractivity contribution in [2.45, 2.75) is 12.7 Å². The third-order valence-electron chi connectivity index (χ3n) is 0.899. The molecule has 0 N–H and O–H groups in total. The zero-order chi connectivity index (χ0) is 15.4. The first-order chi connectivity index (χ1) is 8.32. The van der Waals surface area contributed by atoms with Gasteiger partial charge in [-0.25, -0.2) is 0 Å². The number of hydrogen-bond acceptors (Lipinski definition) is 3. The topological polar surface area (TPSA) is 27.7 Å². The minimum Gasteiger partial charge on any atom is -0.395 e. The quantitative estimate of drug-likeness (QED) is 0.575. The van der Waals surface area contributed by atoms with Gasteiger partial charge in [-0.1, -0.05) is 0 Å². The van der Waals surface area contributed by atoms with Gasteiger partial charge in [-0.05, 0) is 0 Å². The first kappa shape index (κ1) is 17.2.